The van der Waals surface area contributed by atoms with Gasteiger partial charge in [-0.2, -0.15) is 0 Å². The van der Waals surface area contributed by atoms with Crippen LogP contribution in [0.3, 0.4) is 0 Å². The second kappa shape index (κ2) is 17.0. The third-order valence-corrected chi connectivity index (χ3v) is 9.51. The minimum atomic E-state index is -1.51. The van der Waals surface area contributed by atoms with Crippen LogP contribution >= 0.6 is 0 Å². The number of aromatic amines is 1. The van der Waals surface area contributed by atoms with Gasteiger partial charge >= 0.3 is 0 Å². The van der Waals surface area contributed by atoms with Crippen molar-refractivity contribution in [3.05, 3.63) is 102 Å². The number of benzene rings is 3. The van der Waals surface area contributed by atoms with Gasteiger partial charge in [0.05, 0.1) is 6.10 Å². The van der Waals surface area contributed by atoms with Gasteiger partial charge < -0.3 is 41.8 Å². The molecule has 1 aromatic heterocycles. The number of phenolic OH excluding ortho intramolecular Hbond substituents is 1. The fourth-order valence-corrected chi connectivity index (χ4v) is 6.28. The Kier molecular flexibility index (Phi) is 12.3. The molecule has 5 rings (SSSR count). The predicted molar refractivity (Wildman–Crippen MR) is 195 cm³/mol. The molecule has 274 valence electrons. The van der Waals surface area contributed by atoms with E-state index in [1.807, 2.05) is 61.5 Å². The van der Waals surface area contributed by atoms with Crippen molar-refractivity contribution in [1.29, 1.82) is 0 Å². The number of aromatic nitrogens is 1. The van der Waals surface area contributed by atoms with E-state index in [9.17, 15) is 34.2 Å². The number of carbonyl (C=O) groups excluding carboxylic acids is 5. The van der Waals surface area contributed by atoms with Crippen molar-refractivity contribution in [3.8, 4) is 5.75 Å². The third kappa shape index (κ3) is 9.34. The van der Waals surface area contributed by atoms with Gasteiger partial charge in [0.15, 0.2) is 0 Å². The Morgan fingerprint density at radius 2 is 1.10 bits per heavy atom. The molecule has 2 heterocycles. The van der Waals surface area contributed by atoms with Gasteiger partial charge in [0, 0.05) is 36.4 Å². The van der Waals surface area contributed by atoms with Crippen molar-refractivity contribution in [2.45, 2.75) is 82.8 Å². The molecule has 1 aliphatic rings. The van der Waals surface area contributed by atoms with Crippen LogP contribution in [0.2, 0.25) is 0 Å². The molecule has 13 heteroatoms. The normalized spacial score (nSPS) is 23.2. The lowest BCUT2D eigenvalue weighted by Gasteiger charge is -2.29. The molecule has 1 fully saturated rings. The van der Waals surface area contributed by atoms with E-state index in [1.165, 1.54) is 19.1 Å². The topological polar surface area (TPSA) is 202 Å². The Morgan fingerprint density at radius 3 is 1.71 bits per heavy atom. The van der Waals surface area contributed by atoms with E-state index in [4.69, 9.17) is 0 Å². The van der Waals surface area contributed by atoms with Crippen LogP contribution in [0.15, 0.2) is 85.1 Å². The molecule has 1 aliphatic heterocycles. The molecule has 7 atom stereocenters. The van der Waals surface area contributed by atoms with Crippen LogP contribution in [0, 0.1) is 5.92 Å². The SMILES string of the molecule is CC[C@H](C)[C@@H]1NC(=O)[C@H](Cc2ccc(O)cc2)NC(=O)[C@H]([C@@H](C)O)NC(=O)[C@H](Cc2c[nH]c3ccccc23)NC(=O)[C@H](Cc2ccccc2)NC1=O. The number of hydrogen-bond donors (Lipinski definition) is 8. The van der Waals surface area contributed by atoms with Crippen LogP contribution in [-0.2, 0) is 43.2 Å². The highest BCUT2D eigenvalue weighted by Crippen LogP contribution is 2.20. The lowest BCUT2D eigenvalue weighted by molar-refractivity contribution is -0.136. The van der Waals surface area contributed by atoms with Gasteiger partial charge in [0.25, 0.3) is 0 Å². The van der Waals surface area contributed by atoms with Gasteiger partial charge in [0.1, 0.15) is 36.0 Å². The number of nitrogens with one attached hydrogen (secondary N) is 6. The lowest BCUT2D eigenvalue weighted by Crippen LogP contribution is -2.61. The number of hydrogen-bond acceptors (Lipinski definition) is 7. The second-order valence-corrected chi connectivity index (χ2v) is 13.4. The second-order valence-electron chi connectivity index (χ2n) is 13.4. The summed E-state index contributed by atoms with van der Waals surface area (Å²) in [5.41, 5.74) is 2.89. The molecule has 0 aliphatic carbocycles. The molecular formula is C39H46N6O7. The highest BCUT2D eigenvalue weighted by Gasteiger charge is 2.37. The summed E-state index contributed by atoms with van der Waals surface area (Å²) in [6.45, 7) is 4.99. The number of H-pyrrole nitrogens is 1. The number of para-hydroxylation sites is 1. The summed E-state index contributed by atoms with van der Waals surface area (Å²) in [5, 5.41) is 35.1. The van der Waals surface area contributed by atoms with E-state index in [2.05, 4.69) is 31.6 Å². The van der Waals surface area contributed by atoms with Crippen LogP contribution in [0.1, 0.15) is 43.9 Å². The minimum Gasteiger partial charge on any atom is -0.508 e. The Balaban J connectivity index is 1.56. The Bertz CT molecular complexity index is 1880. The molecule has 4 aromatic rings. The van der Waals surface area contributed by atoms with E-state index in [-0.39, 0.29) is 30.9 Å². The standard InChI is InChI=1S/C39H46N6O7/c1-4-22(2)33-38(51)42-30(18-24-10-6-5-7-11-24)35(48)41-32(20-26-21-40-29-13-9-8-12-28(26)29)37(50)45-34(23(3)46)39(52)43-31(36(49)44-33)19-25-14-16-27(47)17-15-25/h5-17,21-23,30-34,40,46-47H,4,18-20H2,1-3H3,(H,41,48)(H,42,51)(H,43,52)(H,44,49)(H,45,50)/t22-,23+,30-,31-,32-,33-,34-/m0/s1. The van der Waals surface area contributed by atoms with Crippen LogP contribution < -0.4 is 26.6 Å². The van der Waals surface area contributed by atoms with Crippen molar-refractivity contribution in [2.24, 2.45) is 5.92 Å². The predicted octanol–water partition coefficient (Wildman–Crippen LogP) is 1.77. The number of aliphatic hydroxyl groups is 1. The number of rotatable bonds is 9. The van der Waals surface area contributed by atoms with Gasteiger partial charge in [0.2, 0.25) is 29.5 Å². The van der Waals surface area contributed by atoms with E-state index in [1.54, 1.807) is 25.3 Å². The highest BCUT2D eigenvalue weighted by atomic mass is 16.3. The number of fused-ring (bicyclic) bond motifs is 1. The van der Waals surface area contributed by atoms with Crippen molar-refractivity contribution in [2.75, 3.05) is 0 Å². The van der Waals surface area contributed by atoms with Crippen LogP contribution in [0.5, 0.6) is 5.75 Å². The van der Waals surface area contributed by atoms with Gasteiger partial charge in [-0.1, -0.05) is 80.9 Å². The Morgan fingerprint density at radius 1 is 0.596 bits per heavy atom. The molecule has 0 unspecified atom stereocenters. The minimum absolute atomic E-state index is 0.0140. The van der Waals surface area contributed by atoms with Gasteiger partial charge in [-0.15, -0.1) is 0 Å². The first kappa shape index (κ1) is 37.6. The molecule has 3 aromatic carbocycles. The van der Waals surface area contributed by atoms with Gasteiger partial charge in [-0.3, -0.25) is 24.0 Å². The number of aliphatic hydroxyl groups excluding tert-OH is 1. The first-order chi connectivity index (χ1) is 24.9. The smallest absolute Gasteiger partial charge is 0.245 e. The number of phenols is 1. The quantitative estimate of drug-likeness (QED) is 0.129. The molecule has 13 nitrogen and oxygen atoms in total. The van der Waals surface area contributed by atoms with Crippen LogP contribution in [-0.4, -0.2) is 81.0 Å². The molecular weight excluding hydrogens is 664 g/mol. The Labute approximate surface area is 302 Å². The number of aromatic hydroxyl groups is 1. The zero-order valence-corrected chi connectivity index (χ0v) is 29.4. The van der Waals surface area contributed by atoms with E-state index >= 15 is 0 Å². The lowest BCUT2D eigenvalue weighted by atomic mass is 9.96. The maximum Gasteiger partial charge on any atom is 0.245 e. The molecule has 0 spiro atoms. The third-order valence-electron chi connectivity index (χ3n) is 9.51. The summed E-state index contributed by atoms with van der Waals surface area (Å²) < 4.78 is 0. The van der Waals surface area contributed by atoms with Crippen LogP contribution in [0.25, 0.3) is 10.9 Å². The highest BCUT2D eigenvalue weighted by molar-refractivity contribution is 5.98. The largest absolute Gasteiger partial charge is 0.508 e. The average molecular weight is 711 g/mol. The monoisotopic (exact) mass is 710 g/mol. The first-order valence-electron chi connectivity index (χ1n) is 17.5. The zero-order valence-electron chi connectivity index (χ0n) is 29.4. The maximum absolute atomic E-state index is 14.2. The van der Waals surface area contributed by atoms with E-state index in [0.29, 0.717) is 12.0 Å². The van der Waals surface area contributed by atoms with Crippen molar-refractivity contribution < 1.29 is 34.2 Å². The number of amides is 5. The van der Waals surface area contributed by atoms with E-state index < -0.39 is 65.8 Å². The van der Waals surface area contributed by atoms with Crippen molar-refractivity contribution >= 4 is 40.4 Å². The summed E-state index contributed by atoms with van der Waals surface area (Å²) in [6, 6.07) is 16.4. The first-order valence-corrected chi connectivity index (χ1v) is 17.5. The maximum atomic E-state index is 14.2. The van der Waals surface area contributed by atoms with E-state index in [0.717, 1.165) is 22.0 Å². The zero-order chi connectivity index (χ0) is 37.4. The summed E-state index contributed by atoms with van der Waals surface area (Å²) >= 11 is 0. The fourth-order valence-electron chi connectivity index (χ4n) is 6.28. The molecule has 0 saturated carbocycles. The van der Waals surface area contributed by atoms with Gasteiger partial charge in [-0.25, -0.2) is 0 Å². The number of carbonyl (C=O) groups is 5. The van der Waals surface area contributed by atoms with Crippen molar-refractivity contribution in [3.63, 3.8) is 0 Å². The summed E-state index contributed by atoms with van der Waals surface area (Å²) in [7, 11) is 0. The fraction of sp³-hybridized carbons (Fsp3) is 0.359. The Hall–Kier alpha value is -5.69. The van der Waals surface area contributed by atoms with Gasteiger partial charge in [-0.05, 0) is 47.7 Å². The summed E-state index contributed by atoms with van der Waals surface area (Å²) in [4.78, 5) is 73.3. The summed E-state index contributed by atoms with van der Waals surface area (Å²) in [5.74, 6) is -3.91. The molecule has 0 bridgehead atoms. The van der Waals surface area contributed by atoms with Crippen molar-refractivity contribution in [1.82, 2.24) is 31.6 Å². The molecule has 5 amide bonds. The molecule has 1 saturated heterocycles. The van der Waals surface area contributed by atoms with Crippen LogP contribution in [0.4, 0.5) is 0 Å². The molecule has 8 N–H and O–H groups in total. The average Bonchev–Trinajstić information content (AvgIpc) is 3.54. The summed E-state index contributed by atoms with van der Waals surface area (Å²) in [6.07, 6.45) is 0.902. The molecule has 0 radical (unpaired) electrons. The molecule has 52 heavy (non-hydrogen) atoms.